The number of anilines is 1. The number of nitrogens with one attached hydrogen (secondary N) is 1. The van der Waals surface area contributed by atoms with Gasteiger partial charge >= 0.3 is 0 Å². The van der Waals surface area contributed by atoms with Gasteiger partial charge in [-0.05, 0) is 18.2 Å². The van der Waals surface area contributed by atoms with E-state index in [0.29, 0.717) is 11.3 Å². The van der Waals surface area contributed by atoms with Crippen LogP contribution in [0.2, 0.25) is 0 Å². The highest BCUT2D eigenvalue weighted by atomic mass is 19.1. The van der Waals surface area contributed by atoms with Crippen LogP contribution in [0.1, 0.15) is 22.3 Å². The fourth-order valence-corrected chi connectivity index (χ4v) is 2.56. The van der Waals surface area contributed by atoms with E-state index in [4.69, 9.17) is 0 Å². The van der Waals surface area contributed by atoms with Gasteiger partial charge in [0.05, 0.1) is 5.69 Å². The van der Waals surface area contributed by atoms with Gasteiger partial charge in [0.25, 0.3) is 5.91 Å². The fraction of sp³-hybridized carbons (Fsp3) is 0.111. The topological polar surface area (TPSA) is 49.4 Å². The minimum Gasteiger partial charge on any atom is -0.324 e. The maximum absolute atomic E-state index is 13.5. The predicted octanol–water partition coefficient (Wildman–Crippen LogP) is 3.28. The van der Waals surface area contributed by atoms with Crippen LogP contribution in [0.4, 0.5) is 10.1 Å². The van der Waals surface area contributed by atoms with E-state index in [2.05, 4.69) is 11.9 Å². The summed E-state index contributed by atoms with van der Waals surface area (Å²) < 4.78 is 13.5. The second-order valence-electron chi connectivity index (χ2n) is 5.23. The molecule has 0 unspecified atom stereocenters. The molecule has 5 heteroatoms. The SMILES string of the molecule is C=C1c2ccccc2C(=O)N1CCC(=O)Nc1ccccc1F. The highest BCUT2D eigenvalue weighted by molar-refractivity contribution is 6.09. The highest BCUT2D eigenvalue weighted by Crippen LogP contribution is 2.31. The van der Waals surface area contributed by atoms with E-state index in [0.717, 1.165) is 5.56 Å². The van der Waals surface area contributed by atoms with Crippen LogP contribution in [0.3, 0.4) is 0 Å². The fourth-order valence-electron chi connectivity index (χ4n) is 2.56. The van der Waals surface area contributed by atoms with Crippen molar-refractivity contribution in [3.05, 3.63) is 72.1 Å². The minimum absolute atomic E-state index is 0.0626. The van der Waals surface area contributed by atoms with Gasteiger partial charge in [-0.15, -0.1) is 0 Å². The number of carbonyl (C=O) groups excluding carboxylic acids is 2. The number of para-hydroxylation sites is 1. The van der Waals surface area contributed by atoms with Gasteiger partial charge in [-0.25, -0.2) is 4.39 Å². The van der Waals surface area contributed by atoms with Crippen LogP contribution < -0.4 is 5.32 Å². The number of fused-ring (bicyclic) bond motifs is 1. The number of halogens is 1. The second-order valence-corrected chi connectivity index (χ2v) is 5.23. The first-order valence-corrected chi connectivity index (χ1v) is 7.22. The molecule has 0 saturated carbocycles. The van der Waals surface area contributed by atoms with Crippen molar-refractivity contribution in [3.63, 3.8) is 0 Å². The van der Waals surface area contributed by atoms with Gasteiger partial charge in [-0.2, -0.15) is 0 Å². The Kier molecular flexibility index (Phi) is 3.93. The zero-order valence-electron chi connectivity index (χ0n) is 12.4. The standard InChI is InChI=1S/C18H15FN2O2/c1-12-13-6-2-3-7-14(13)18(23)21(12)11-10-17(22)20-16-9-5-4-8-15(16)19/h2-9H,1,10-11H2,(H,20,22). The molecule has 3 rings (SSSR count). The Morgan fingerprint density at radius 3 is 2.43 bits per heavy atom. The smallest absolute Gasteiger partial charge is 0.258 e. The molecule has 2 aromatic rings. The minimum atomic E-state index is -0.491. The summed E-state index contributed by atoms with van der Waals surface area (Å²) >= 11 is 0. The number of rotatable bonds is 4. The molecule has 23 heavy (non-hydrogen) atoms. The summed E-state index contributed by atoms with van der Waals surface area (Å²) in [4.78, 5) is 25.7. The average molecular weight is 310 g/mol. The molecule has 116 valence electrons. The molecule has 1 heterocycles. The molecule has 2 aromatic carbocycles. The van der Waals surface area contributed by atoms with E-state index in [9.17, 15) is 14.0 Å². The van der Waals surface area contributed by atoms with E-state index >= 15 is 0 Å². The van der Waals surface area contributed by atoms with Crippen LogP contribution in [0.25, 0.3) is 5.70 Å². The first-order chi connectivity index (χ1) is 11.1. The average Bonchev–Trinajstić information content (AvgIpc) is 2.80. The number of hydrogen-bond acceptors (Lipinski definition) is 2. The number of carbonyl (C=O) groups is 2. The summed E-state index contributed by atoms with van der Waals surface area (Å²) in [6.07, 6.45) is 0.0626. The van der Waals surface area contributed by atoms with E-state index in [1.54, 1.807) is 24.3 Å². The van der Waals surface area contributed by atoms with Crippen molar-refractivity contribution < 1.29 is 14.0 Å². The molecule has 0 aromatic heterocycles. The molecule has 1 aliphatic heterocycles. The Hall–Kier alpha value is -2.95. The summed E-state index contributed by atoms with van der Waals surface area (Å²) in [6, 6.07) is 13.2. The summed E-state index contributed by atoms with van der Waals surface area (Å²) in [5.41, 5.74) is 2.09. The molecule has 4 nitrogen and oxygen atoms in total. The molecule has 2 amide bonds. The van der Waals surface area contributed by atoms with Crippen LogP contribution >= 0.6 is 0 Å². The summed E-state index contributed by atoms with van der Waals surface area (Å²) in [6.45, 7) is 4.12. The van der Waals surface area contributed by atoms with Crippen LogP contribution in [0.5, 0.6) is 0 Å². The van der Waals surface area contributed by atoms with Gasteiger partial charge in [0.15, 0.2) is 0 Å². The molecule has 0 atom stereocenters. The van der Waals surface area contributed by atoms with Crippen molar-refractivity contribution >= 4 is 23.2 Å². The molecular weight excluding hydrogens is 295 g/mol. The van der Waals surface area contributed by atoms with Crippen molar-refractivity contribution in [1.82, 2.24) is 4.90 Å². The monoisotopic (exact) mass is 310 g/mol. The zero-order chi connectivity index (χ0) is 16.4. The van der Waals surface area contributed by atoms with Crippen LogP contribution in [0, 0.1) is 5.82 Å². The van der Waals surface area contributed by atoms with Gasteiger partial charge in [-0.1, -0.05) is 36.9 Å². The maximum atomic E-state index is 13.5. The van der Waals surface area contributed by atoms with Crippen molar-refractivity contribution in [2.75, 3.05) is 11.9 Å². The number of benzene rings is 2. The summed E-state index contributed by atoms with van der Waals surface area (Å²) in [5.74, 6) is -1.01. The Labute approximate surface area is 133 Å². The first kappa shape index (κ1) is 15.0. The van der Waals surface area contributed by atoms with E-state index in [-0.39, 0.29) is 30.5 Å². The second kappa shape index (κ2) is 6.04. The van der Waals surface area contributed by atoms with Crippen molar-refractivity contribution in [3.8, 4) is 0 Å². The molecule has 0 saturated heterocycles. The molecule has 0 radical (unpaired) electrons. The third-order valence-electron chi connectivity index (χ3n) is 3.75. The van der Waals surface area contributed by atoms with Crippen LogP contribution in [-0.2, 0) is 4.79 Å². The summed E-state index contributed by atoms with van der Waals surface area (Å²) in [7, 11) is 0. The van der Waals surface area contributed by atoms with Gasteiger partial charge < -0.3 is 10.2 Å². The van der Waals surface area contributed by atoms with E-state index in [1.165, 1.54) is 17.0 Å². The molecule has 0 bridgehead atoms. The lowest BCUT2D eigenvalue weighted by Crippen LogP contribution is -2.27. The molecule has 0 spiro atoms. The Morgan fingerprint density at radius 1 is 1.09 bits per heavy atom. The van der Waals surface area contributed by atoms with Crippen molar-refractivity contribution in [2.45, 2.75) is 6.42 Å². The third kappa shape index (κ3) is 2.85. The molecule has 0 aliphatic carbocycles. The Bertz CT molecular complexity index is 766. The van der Waals surface area contributed by atoms with Gasteiger partial charge in [0, 0.05) is 29.8 Å². The Morgan fingerprint density at radius 2 is 1.74 bits per heavy atom. The van der Waals surface area contributed by atoms with E-state index < -0.39 is 5.82 Å². The normalized spacial score (nSPS) is 13.2. The lowest BCUT2D eigenvalue weighted by molar-refractivity contribution is -0.116. The largest absolute Gasteiger partial charge is 0.324 e. The zero-order valence-corrected chi connectivity index (χ0v) is 12.4. The van der Waals surface area contributed by atoms with Gasteiger partial charge in [-0.3, -0.25) is 9.59 Å². The van der Waals surface area contributed by atoms with Gasteiger partial charge in [0.2, 0.25) is 5.91 Å². The maximum Gasteiger partial charge on any atom is 0.258 e. The van der Waals surface area contributed by atoms with Crippen molar-refractivity contribution in [1.29, 1.82) is 0 Å². The predicted molar refractivity (Wildman–Crippen MR) is 86.2 cm³/mol. The molecule has 0 fully saturated rings. The van der Waals surface area contributed by atoms with Crippen LogP contribution in [-0.4, -0.2) is 23.3 Å². The highest BCUT2D eigenvalue weighted by Gasteiger charge is 2.30. The first-order valence-electron chi connectivity index (χ1n) is 7.22. The quantitative estimate of drug-likeness (QED) is 0.942. The van der Waals surface area contributed by atoms with Crippen LogP contribution in [0.15, 0.2) is 55.1 Å². The lowest BCUT2D eigenvalue weighted by atomic mass is 10.1. The third-order valence-corrected chi connectivity index (χ3v) is 3.75. The molecule has 1 N–H and O–H groups in total. The number of amides is 2. The lowest BCUT2D eigenvalue weighted by Gasteiger charge is -2.17. The van der Waals surface area contributed by atoms with Gasteiger partial charge in [0.1, 0.15) is 5.82 Å². The summed E-state index contributed by atoms with van der Waals surface area (Å²) in [5, 5.41) is 2.50. The van der Waals surface area contributed by atoms with Crippen molar-refractivity contribution in [2.24, 2.45) is 0 Å². The Balaban J connectivity index is 1.63. The van der Waals surface area contributed by atoms with E-state index in [1.807, 2.05) is 12.1 Å². The number of hydrogen-bond donors (Lipinski definition) is 1. The molecular formula is C18H15FN2O2. The number of nitrogens with zero attached hydrogens (tertiary/aromatic N) is 1. The molecule has 1 aliphatic rings.